The van der Waals surface area contributed by atoms with Crippen LogP contribution in [0.15, 0.2) is 35.5 Å². The van der Waals surface area contributed by atoms with Crippen molar-refractivity contribution in [1.29, 1.82) is 0 Å². The molecule has 2 aromatic rings. The number of thioether (sulfide) groups is 1. The second kappa shape index (κ2) is 4.89. The summed E-state index contributed by atoms with van der Waals surface area (Å²) in [5.74, 6) is 0.308. The molecule has 5 nitrogen and oxygen atoms in total. The number of Topliss-reactive ketones (excluding diaryl/α,β-unsaturated/α-hetero) is 1. The average Bonchev–Trinajstić information content (AvgIpc) is 3.01. The Bertz CT molecular complexity index is 554. The smallest absolute Gasteiger partial charge is 0.214 e. The molecule has 18 heavy (non-hydrogen) atoms. The summed E-state index contributed by atoms with van der Waals surface area (Å²) in [6, 6.07) is 9.70. The van der Waals surface area contributed by atoms with E-state index >= 15 is 0 Å². The molecule has 0 saturated heterocycles. The molecule has 6 heteroatoms. The first-order valence-corrected chi connectivity index (χ1v) is 6.76. The number of para-hydroxylation sites is 1. The van der Waals surface area contributed by atoms with Crippen LogP contribution < -0.4 is 0 Å². The summed E-state index contributed by atoms with van der Waals surface area (Å²) in [6.45, 7) is 0. The Morgan fingerprint density at radius 1 is 1.28 bits per heavy atom. The van der Waals surface area contributed by atoms with Crippen LogP contribution in [0.2, 0.25) is 0 Å². The predicted octanol–water partition coefficient (Wildman–Crippen LogP) is 1.88. The topological polar surface area (TPSA) is 60.7 Å². The molecule has 1 unspecified atom stereocenters. The molecule has 3 rings (SSSR count). The van der Waals surface area contributed by atoms with Crippen molar-refractivity contribution in [3.63, 3.8) is 0 Å². The van der Waals surface area contributed by atoms with E-state index in [0.29, 0.717) is 17.4 Å². The van der Waals surface area contributed by atoms with E-state index in [0.717, 1.165) is 18.5 Å². The number of benzene rings is 1. The Kier molecular flexibility index (Phi) is 3.10. The van der Waals surface area contributed by atoms with Crippen molar-refractivity contribution in [3.8, 4) is 5.69 Å². The molecule has 1 fully saturated rings. The lowest BCUT2D eigenvalue weighted by Gasteiger charge is -2.07. The first kappa shape index (κ1) is 11.4. The van der Waals surface area contributed by atoms with Gasteiger partial charge in [0.25, 0.3) is 0 Å². The molecule has 0 amide bonds. The fraction of sp³-hybridized carbons (Fsp3) is 0.333. The molecule has 0 bridgehead atoms. The minimum Gasteiger partial charge on any atom is -0.298 e. The van der Waals surface area contributed by atoms with Crippen LogP contribution in [-0.2, 0) is 4.79 Å². The molecule has 0 radical (unpaired) electrons. The van der Waals surface area contributed by atoms with Crippen molar-refractivity contribution >= 4 is 17.5 Å². The lowest BCUT2D eigenvalue weighted by Crippen LogP contribution is -2.10. The first-order chi connectivity index (χ1) is 8.84. The van der Waals surface area contributed by atoms with Gasteiger partial charge in [-0.05, 0) is 35.4 Å². The molecule has 1 aliphatic rings. The van der Waals surface area contributed by atoms with Crippen LogP contribution in [0.25, 0.3) is 5.69 Å². The molecule has 0 N–H and O–H groups in total. The van der Waals surface area contributed by atoms with Gasteiger partial charge >= 0.3 is 0 Å². The minimum atomic E-state index is 0.0125. The van der Waals surface area contributed by atoms with Gasteiger partial charge < -0.3 is 0 Å². The minimum absolute atomic E-state index is 0.0125. The first-order valence-electron chi connectivity index (χ1n) is 5.88. The van der Waals surface area contributed by atoms with Crippen LogP contribution in [0.1, 0.15) is 19.3 Å². The van der Waals surface area contributed by atoms with E-state index in [9.17, 15) is 4.79 Å². The third kappa shape index (κ3) is 2.15. The summed E-state index contributed by atoms with van der Waals surface area (Å²) in [5, 5.41) is 12.4. The van der Waals surface area contributed by atoms with Crippen LogP contribution in [0, 0.1) is 0 Å². The fourth-order valence-electron chi connectivity index (χ4n) is 2.02. The van der Waals surface area contributed by atoms with Crippen LogP contribution in [0.5, 0.6) is 0 Å². The van der Waals surface area contributed by atoms with Crippen molar-refractivity contribution in [2.24, 2.45) is 0 Å². The van der Waals surface area contributed by atoms with Gasteiger partial charge in [-0.15, -0.1) is 5.10 Å². The van der Waals surface area contributed by atoms with Gasteiger partial charge in [-0.25, -0.2) is 0 Å². The van der Waals surface area contributed by atoms with E-state index in [-0.39, 0.29) is 5.25 Å². The highest BCUT2D eigenvalue weighted by Gasteiger charge is 2.27. The Balaban J connectivity index is 1.86. The Morgan fingerprint density at radius 2 is 2.11 bits per heavy atom. The van der Waals surface area contributed by atoms with Crippen molar-refractivity contribution in [2.75, 3.05) is 0 Å². The zero-order valence-electron chi connectivity index (χ0n) is 9.69. The van der Waals surface area contributed by atoms with Gasteiger partial charge in [0.1, 0.15) is 5.78 Å². The number of aromatic nitrogens is 4. The van der Waals surface area contributed by atoms with Gasteiger partial charge in [0, 0.05) is 6.42 Å². The van der Waals surface area contributed by atoms with Crippen LogP contribution in [0.3, 0.4) is 0 Å². The number of ketones is 1. The lowest BCUT2D eigenvalue weighted by atomic mass is 10.3. The number of rotatable bonds is 3. The normalized spacial score (nSPS) is 19.3. The van der Waals surface area contributed by atoms with Crippen LogP contribution in [-0.4, -0.2) is 31.2 Å². The maximum atomic E-state index is 11.6. The van der Waals surface area contributed by atoms with E-state index in [2.05, 4.69) is 15.5 Å². The summed E-state index contributed by atoms with van der Waals surface area (Å²) in [4.78, 5) is 11.6. The number of nitrogens with zero attached hydrogens (tertiary/aromatic N) is 4. The highest BCUT2D eigenvalue weighted by atomic mass is 32.2. The van der Waals surface area contributed by atoms with Crippen molar-refractivity contribution in [2.45, 2.75) is 29.7 Å². The standard InChI is InChI=1S/C12H12N4OS/c17-10-7-4-8-11(10)18-12-13-14-15-16(12)9-5-2-1-3-6-9/h1-3,5-6,11H,4,7-8H2. The van der Waals surface area contributed by atoms with E-state index < -0.39 is 0 Å². The van der Waals surface area contributed by atoms with E-state index in [1.54, 1.807) is 4.68 Å². The van der Waals surface area contributed by atoms with E-state index in [4.69, 9.17) is 0 Å². The second-order valence-corrected chi connectivity index (χ2v) is 5.34. The van der Waals surface area contributed by atoms with Crippen molar-refractivity contribution in [3.05, 3.63) is 30.3 Å². The van der Waals surface area contributed by atoms with Gasteiger partial charge in [0.2, 0.25) is 5.16 Å². The number of tetrazole rings is 1. The lowest BCUT2D eigenvalue weighted by molar-refractivity contribution is -0.116. The van der Waals surface area contributed by atoms with Gasteiger partial charge in [-0.2, -0.15) is 4.68 Å². The maximum absolute atomic E-state index is 11.6. The highest BCUT2D eigenvalue weighted by Crippen LogP contribution is 2.31. The number of carbonyl (C=O) groups is 1. The quantitative estimate of drug-likeness (QED) is 0.843. The molecule has 1 atom stereocenters. The van der Waals surface area contributed by atoms with Gasteiger partial charge in [0.05, 0.1) is 10.9 Å². The second-order valence-electron chi connectivity index (χ2n) is 4.17. The predicted molar refractivity (Wildman–Crippen MR) is 67.7 cm³/mol. The Labute approximate surface area is 109 Å². The van der Waals surface area contributed by atoms with Crippen molar-refractivity contribution < 1.29 is 4.79 Å². The summed E-state index contributed by atoms with van der Waals surface area (Å²) in [6.07, 6.45) is 2.58. The van der Waals surface area contributed by atoms with E-state index in [1.807, 2.05) is 30.3 Å². The van der Waals surface area contributed by atoms with Crippen molar-refractivity contribution in [1.82, 2.24) is 20.2 Å². The highest BCUT2D eigenvalue weighted by molar-refractivity contribution is 8.00. The van der Waals surface area contributed by atoms with Crippen LogP contribution in [0.4, 0.5) is 0 Å². The van der Waals surface area contributed by atoms with Gasteiger partial charge in [-0.1, -0.05) is 30.0 Å². The zero-order valence-corrected chi connectivity index (χ0v) is 10.5. The number of carbonyl (C=O) groups excluding carboxylic acids is 1. The average molecular weight is 260 g/mol. The fourth-order valence-corrected chi connectivity index (χ4v) is 3.13. The molecular weight excluding hydrogens is 248 g/mol. The summed E-state index contributed by atoms with van der Waals surface area (Å²) in [7, 11) is 0. The molecule has 1 aromatic heterocycles. The molecule has 1 aromatic carbocycles. The number of hydrogen-bond acceptors (Lipinski definition) is 5. The maximum Gasteiger partial charge on any atom is 0.214 e. The molecule has 1 heterocycles. The van der Waals surface area contributed by atoms with Gasteiger partial charge in [-0.3, -0.25) is 4.79 Å². The van der Waals surface area contributed by atoms with Gasteiger partial charge in [0.15, 0.2) is 0 Å². The summed E-state index contributed by atoms with van der Waals surface area (Å²) >= 11 is 1.46. The Morgan fingerprint density at radius 3 is 2.83 bits per heavy atom. The molecule has 1 aliphatic carbocycles. The number of hydrogen-bond donors (Lipinski definition) is 0. The summed E-state index contributed by atoms with van der Waals surface area (Å²) < 4.78 is 1.68. The largest absolute Gasteiger partial charge is 0.298 e. The van der Waals surface area contributed by atoms with E-state index in [1.165, 1.54) is 11.8 Å². The molecule has 92 valence electrons. The molecule has 1 saturated carbocycles. The monoisotopic (exact) mass is 260 g/mol. The molecule has 0 aliphatic heterocycles. The zero-order chi connectivity index (χ0) is 12.4. The molecular formula is C12H12N4OS. The van der Waals surface area contributed by atoms with Crippen LogP contribution >= 0.6 is 11.8 Å². The third-order valence-corrected chi connectivity index (χ3v) is 4.19. The third-order valence-electron chi connectivity index (χ3n) is 2.94. The molecule has 0 spiro atoms. The SMILES string of the molecule is O=C1CCCC1Sc1nnnn1-c1ccccc1. The Hall–Kier alpha value is -1.69. The summed E-state index contributed by atoms with van der Waals surface area (Å²) in [5.41, 5.74) is 0.912.